The summed E-state index contributed by atoms with van der Waals surface area (Å²) in [7, 11) is 0. The van der Waals surface area contributed by atoms with Gasteiger partial charge < -0.3 is 5.21 Å². The average Bonchev–Trinajstić information content (AvgIpc) is 2.03. The molecule has 1 aromatic rings. The van der Waals surface area contributed by atoms with Crippen molar-refractivity contribution in [1.29, 1.82) is 0 Å². The van der Waals surface area contributed by atoms with E-state index >= 15 is 0 Å². The molecule has 0 aliphatic heterocycles. The van der Waals surface area contributed by atoms with Crippen molar-refractivity contribution in [2.24, 2.45) is 5.16 Å². The van der Waals surface area contributed by atoms with E-state index in [4.69, 9.17) is 16.8 Å². The van der Waals surface area contributed by atoms with E-state index in [1.807, 2.05) is 0 Å². The largest absolute Gasteiger partial charge is 0.410 e. The highest BCUT2D eigenvalue weighted by Crippen LogP contribution is 2.19. The van der Waals surface area contributed by atoms with Crippen molar-refractivity contribution in [2.45, 2.75) is 0 Å². The average molecular weight is 252 g/mol. The van der Waals surface area contributed by atoms with Gasteiger partial charge in [0.15, 0.2) is 5.17 Å². The van der Waals surface area contributed by atoms with Gasteiger partial charge in [-0.2, -0.15) is 0 Å². The quantitative estimate of drug-likeness (QED) is 0.465. The van der Waals surface area contributed by atoms with E-state index in [1.165, 1.54) is 18.2 Å². The third-order valence-electron chi connectivity index (χ3n) is 1.24. The van der Waals surface area contributed by atoms with Gasteiger partial charge in [-0.1, -0.05) is 16.8 Å². The molecular formula is C7H4BrClFNO. The number of nitrogens with zero attached hydrogens (tertiary/aromatic N) is 1. The number of hydrogen-bond donors (Lipinski definition) is 1. The van der Waals surface area contributed by atoms with Crippen LogP contribution in [-0.4, -0.2) is 10.4 Å². The highest BCUT2D eigenvalue weighted by molar-refractivity contribution is 9.10. The molecule has 1 rings (SSSR count). The zero-order valence-corrected chi connectivity index (χ0v) is 8.10. The first-order chi connectivity index (χ1) is 5.65. The lowest BCUT2D eigenvalue weighted by Crippen LogP contribution is -1.92. The van der Waals surface area contributed by atoms with Crippen molar-refractivity contribution in [3.8, 4) is 0 Å². The molecule has 0 bridgehead atoms. The van der Waals surface area contributed by atoms with Gasteiger partial charge in [-0.3, -0.25) is 0 Å². The van der Waals surface area contributed by atoms with Crippen molar-refractivity contribution < 1.29 is 9.60 Å². The second kappa shape index (κ2) is 3.87. The standard InChI is InChI=1S/C7H4BrClFNO/c8-6-3-4(10)1-2-5(6)7(9)11-12/h1-3,12H/b11-7+. The van der Waals surface area contributed by atoms with E-state index in [0.29, 0.717) is 10.0 Å². The minimum absolute atomic E-state index is 0.0816. The van der Waals surface area contributed by atoms with Crippen LogP contribution < -0.4 is 0 Å². The van der Waals surface area contributed by atoms with Gasteiger partial charge in [-0.25, -0.2) is 4.39 Å². The van der Waals surface area contributed by atoms with Crippen molar-refractivity contribution in [3.63, 3.8) is 0 Å². The summed E-state index contributed by atoms with van der Waals surface area (Å²) < 4.78 is 13.0. The fourth-order valence-electron chi connectivity index (χ4n) is 0.711. The molecule has 0 spiro atoms. The molecule has 0 radical (unpaired) electrons. The topological polar surface area (TPSA) is 32.6 Å². The SMILES string of the molecule is O/N=C(/Cl)c1ccc(F)cc1Br. The Labute approximate surface area is 81.8 Å². The van der Waals surface area contributed by atoms with Crippen LogP contribution in [0.5, 0.6) is 0 Å². The summed E-state index contributed by atoms with van der Waals surface area (Å²) in [4.78, 5) is 0. The maximum atomic E-state index is 12.5. The van der Waals surface area contributed by atoms with E-state index < -0.39 is 0 Å². The van der Waals surface area contributed by atoms with E-state index in [2.05, 4.69) is 21.1 Å². The Balaban J connectivity index is 3.18. The molecule has 0 saturated carbocycles. The molecule has 0 amide bonds. The predicted molar refractivity (Wildman–Crippen MR) is 48.3 cm³/mol. The van der Waals surface area contributed by atoms with Crippen molar-refractivity contribution in [3.05, 3.63) is 34.1 Å². The molecule has 0 fully saturated rings. The van der Waals surface area contributed by atoms with E-state index in [0.717, 1.165) is 0 Å². The Morgan fingerprint density at radius 1 is 1.58 bits per heavy atom. The molecular weight excluding hydrogens is 248 g/mol. The molecule has 0 atom stereocenters. The van der Waals surface area contributed by atoms with Gasteiger partial charge in [0, 0.05) is 10.0 Å². The van der Waals surface area contributed by atoms with Crippen LogP contribution in [0.4, 0.5) is 4.39 Å². The van der Waals surface area contributed by atoms with Crippen LogP contribution >= 0.6 is 27.5 Å². The number of oxime groups is 1. The first-order valence-corrected chi connectivity index (χ1v) is 4.15. The van der Waals surface area contributed by atoms with Gasteiger partial charge in [0.1, 0.15) is 5.82 Å². The Kier molecular flexibility index (Phi) is 3.05. The van der Waals surface area contributed by atoms with Crippen LogP contribution in [0.15, 0.2) is 27.8 Å². The number of hydrogen-bond acceptors (Lipinski definition) is 2. The van der Waals surface area contributed by atoms with Crippen molar-refractivity contribution >= 4 is 32.7 Å². The third-order valence-corrected chi connectivity index (χ3v) is 2.18. The molecule has 0 aliphatic rings. The summed E-state index contributed by atoms with van der Waals surface area (Å²) in [5.41, 5.74) is 0.445. The van der Waals surface area contributed by atoms with Crippen LogP contribution in [0.2, 0.25) is 0 Å². The molecule has 0 aliphatic carbocycles. The first-order valence-electron chi connectivity index (χ1n) is 2.98. The highest BCUT2D eigenvalue weighted by Gasteiger charge is 2.06. The lowest BCUT2D eigenvalue weighted by atomic mass is 10.2. The number of halogens is 3. The van der Waals surface area contributed by atoms with Crippen molar-refractivity contribution in [1.82, 2.24) is 0 Å². The second-order valence-electron chi connectivity index (χ2n) is 2.01. The first kappa shape index (κ1) is 9.48. The van der Waals surface area contributed by atoms with E-state index in [1.54, 1.807) is 0 Å². The minimum atomic E-state index is -0.381. The molecule has 12 heavy (non-hydrogen) atoms. The zero-order valence-electron chi connectivity index (χ0n) is 5.76. The molecule has 2 nitrogen and oxygen atoms in total. The lowest BCUT2D eigenvalue weighted by molar-refractivity contribution is 0.321. The molecule has 0 aromatic heterocycles. The normalized spacial score (nSPS) is 11.8. The van der Waals surface area contributed by atoms with E-state index in [-0.39, 0.29) is 11.0 Å². The Morgan fingerprint density at radius 3 is 2.75 bits per heavy atom. The summed E-state index contributed by atoms with van der Waals surface area (Å²) in [5, 5.41) is 11.0. The summed E-state index contributed by atoms with van der Waals surface area (Å²) in [6.45, 7) is 0. The maximum absolute atomic E-state index is 12.5. The molecule has 1 N–H and O–H groups in total. The van der Waals surface area contributed by atoms with Gasteiger partial charge in [0.2, 0.25) is 0 Å². The lowest BCUT2D eigenvalue weighted by Gasteiger charge is -1.99. The molecule has 0 unspecified atom stereocenters. The van der Waals surface area contributed by atoms with Crippen LogP contribution in [0.1, 0.15) is 5.56 Å². The highest BCUT2D eigenvalue weighted by atomic mass is 79.9. The van der Waals surface area contributed by atoms with Crippen LogP contribution in [0, 0.1) is 5.82 Å². The zero-order chi connectivity index (χ0) is 9.14. The summed E-state index contributed by atoms with van der Waals surface area (Å²) in [6, 6.07) is 3.89. The van der Waals surface area contributed by atoms with Gasteiger partial charge in [0.05, 0.1) is 0 Å². The van der Waals surface area contributed by atoms with Gasteiger partial charge in [0.25, 0.3) is 0 Å². The molecule has 5 heteroatoms. The molecule has 64 valence electrons. The number of rotatable bonds is 1. The smallest absolute Gasteiger partial charge is 0.176 e. The Morgan fingerprint density at radius 2 is 2.25 bits per heavy atom. The summed E-state index contributed by atoms with van der Waals surface area (Å²) in [5.74, 6) is -0.381. The van der Waals surface area contributed by atoms with Crippen LogP contribution in [-0.2, 0) is 0 Å². The Hall–Kier alpha value is -0.610. The third kappa shape index (κ3) is 1.95. The Bertz CT molecular complexity index is 329. The predicted octanol–water partition coefficient (Wildman–Crippen LogP) is 2.96. The fraction of sp³-hybridized carbons (Fsp3) is 0. The van der Waals surface area contributed by atoms with Crippen LogP contribution in [0.25, 0.3) is 0 Å². The minimum Gasteiger partial charge on any atom is -0.410 e. The maximum Gasteiger partial charge on any atom is 0.176 e. The van der Waals surface area contributed by atoms with Crippen LogP contribution in [0.3, 0.4) is 0 Å². The monoisotopic (exact) mass is 251 g/mol. The van der Waals surface area contributed by atoms with Gasteiger partial charge in [-0.05, 0) is 34.1 Å². The molecule has 1 aromatic carbocycles. The van der Waals surface area contributed by atoms with Crippen molar-refractivity contribution in [2.75, 3.05) is 0 Å². The molecule has 0 saturated heterocycles. The second-order valence-corrected chi connectivity index (χ2v) is 3.23. The number of benzene rings is 1. The summed E-state index contributed by atoms with van der Waals surface area (Å²) >= 11 is 8.57. The molecule has 0 heterocycles. The fourth-order valence-corrected chi connectivity index (χ4v) is 1.53. The summed E-state index contributed by atoms with van der Waals surface area (Å²) in [6.07, 6.45) is 0. The van der Waals surface area contributed by atoms with Gasteiger partial charge in [-0.15, -0.1) is 0 Å². The van der Waals surface area contributed by atoms with Gasteiger partial charge >= 0.3 is 0 Å². The van der Waals surface area contributed by atoms with E-state index in [9.17, 15) is 4.39 Å².